The minimum Gasteiger partial charge on any atom is -0.481 e. The van der Waals surface area contributed by atoms with Crippen molar-refractivity contribution in [3.05, 3.63) is 113 Å². The summed E-state index contributed by atoms with van der Waals surface area (Å²) in [6.07, 6.45) is 13.8. The third kappa shape index (κ3) is 10.0. The number of unbranched alkanes of at least 4 members (excludes halogenated alkanes) is 2. The number of methoxy groups -OCH3 is 2. The maximum atomic E-state index is 12.0. The molecule has 3 N–H and O–H groups in total. The molecule has 0 bridgehead atoms. The van der Waals surface area contributed by atoms with Gasteiger partial charge in [0, 0.05) is 68.1 Å². The van der Waals surface area contributed by atoms with E-state index in [4.69, 9.17) is 9.47 Å². The van der Waals surface area contributed by atoms with Crippen molar-refractivity contribution in [2.75, 3.05) is 51.2 Å². The number of carboxylic acids is 1. The Morgan fingerprint density at radius 2 is 1.51 bits per heavy atom. The van der Waals surface area contributed by atoms with E-state index in [1.165, 1.54) is 12.1 Å². The molecule has 326 valence electrons. The molecule has 0 spiro atoms. The summed E-state index contributed by atoms with van der Waals surface area (Å²) in [5.74, 6) is -1.17. The molecule has 0 aromatic heterocycles. The van der Waals surface area contributed by atoms with Gasteiger partial charge in [0.2, 0.25) is 5.69 Å². The number of hydrogen-bond donors (Lipinski definition) is 3. The second kappa shape index (κ2) is 18.7. The summed E-state index contributed by atoms with van der Waals surface area (Å²) < 4.78 is 80.4. The van der Waals surface area contributed by atoms with Crippen molar-refractivity contribution in [3.8, 4) is 0 Å². The second-order valence-corrected chi connectivity index (χ2v) is 19.6. The second-order valence-electron chi connectivity index (χ2n) is 16.6. The van der Waals surface area contributed by atoms with Crippen molar-refractivity contribution in [3.63, 3.8) is 0 Å². The van der Waals surface area contributed by atoms with Gasteiger partial charge in [-0.25, -0.2) is 0 Å². The average Bonchev–Trinajstić information content (AvgIpc) is 3.56. The number of nitrogens with zero attached hydrogens (tertiary/aromatic N) is 2. The van der Waals surface area contributed by atoms with E-state index in [9.17, 15) is 35.8 Å². The van der Waals surface area contributed by atoms with Gasteiger partial charge in [-0.2, -0.15) is 21.4 Å². The van der Waals surface area contributed by atoms with Gasteiger partial charge >= 0.3 is 5.97 Å². The molecule has 2 aliphatic heterocycles. The van der Waals surface area contributed by atoms with E-state index in [1.54, 1.807) is 20.3 Å². The van der Waals surface area contributed by atoms with Gasteiger partial charge in [0.1, 0.15) is 6.54 Å². The topological polar surface area (TPSA) is 171 Å². The van der Waals surface area contributed by atoms with Crippen LogP contribution in [0.3, 0.4) is 0 Å². The molecular weight excluding hydrogens is 817 g/mol. The lowest BCUT2D eigenvalue weighted by Gasteiger charge is -2.30. The SMILES string of the molecule is COCCc1ccc2c3c(ccc2c1)N(CCOC)/C(=C/C=C/C=C/C1=[N+](CCCCCC(=O)O)c2ccc4cc(S(=O)(=O)O)ccc4c2C1(C)C)C3(C)CCCS(=O)(=O)O. The van der Waals surface area contributed by atoms with Gasteiger partial charge in [-0.15, -0.1) is 0 Å². The fraction of sp³-hybridized carbons (Fsp3) is 0.404. The van der Waals surface area contributed by atoms with E-state index in [0.29, 0.717) is 44.5 Å². The zero-order chi connectivity index (χ0) is 44.2. The number of anilines is 1. The highest BCUT2D eigenvalue weighted by molar-refractivity contribution is 7.86. The maximum Gasteiger partial charge on any atom is 0.303 e. The minimum atomic E-state index is -4.39. The van der Waals surface area contributed by atoms with Crippen molar-refractivity contribution in [2.45, 2.75) is 81.4 Å². The number of fused-ring (bicyclic) bond motifs is 6. The first-order chi connectivity index (χ1) is 28.9. The molecule has 0 saturated carbocycles. The van der Waals surface area contributed by atoms with Crippen molar-refractivity contribution in [1.29, 1.82) is 0 Å². The molecule has 4 aromatic carbocycles. The Hall–Kier alpha value is -4.70. The van der Waals surface area contributed by atoms with Crippen LogP contribution in [0.15, 0.2) is 102 Å². The molecule has 2 heterocycles. The highest BCUT2D eigenvalue weighted by Crippen LogP contribution is 2.53. The van der Waals surface area contributed by atoms with E-state index < -0.39 is 37.0 Å². The highest BCUT2D eigenvalue weighted by Gasteiger charge is 2.46. The number of benzene rings is 4. The van der Waals surface area contributed by atoms with Crippen LogP contribution >= 0.6 is 0 Å². The average molecular weight is 874 g/mol. The lowest BCUT2D eigenvalue weighted by Crippen LogP contribution is -2.31. The Kier molecular flexibility index (Phi) is 14.1. The van der Waals surface area contributed by atoms with Crippen LogP contribution in [0, 0.1) is 0 Å². The molecular formula is C47H57N2O10S2+. The maximum absolute atomic E-state index is 12.0. The van der Waals surface area contributed by atoms with Crippen LogP contribution in [0.1, 0.15) is 76.0 Å². The molecule has 4 aromatic rings. The van der Waals surface area contributed by atoms with E-state index in [2.05, 4.69) is 72.7 Å². The quantitative estimate of drug-likeness (QED) is 0.0337. The molecule has 1 unspecified atom stereocenters. The number of carbonyl (C=O) groups is 1. The van der Waals surface area contributed by atoms with Gasteiger partial charge in [0.25, 0.3) is 20.2 Å². The van der Waals surface area contributed by atoms with E-state index in [0.717, 1.165) is 74.9 Å². The first-order valence-corrected chi connectivity index (χ1v) is 23.7. The predicted molar refractivity (Wildman–Crippen MR) is 241 cm³/mol. The van der Waals surface area contributed by atoms with Crippen LogP contribution in [0.5, 0.6) is 0 Å². The molecule has 14 heteroatoms. The monoisotopic (exact) mass is 873 g/mol. The number of aliphatic carboxylic acids is 1. The van der Waals surface area contributed by atoms with Crippen LogP contribution < -0.4 is 4.90 Å². The summed E-state index contributed by atoms with van der Waals surface area (Å²) in [6, 6.07) is 19.2. The van der Waals surface area contributed by atoms with Gasteiger partial charge in [-0.1, -0.05) is 48.6 Å². The Bertz CT molecular complexity index is 2660. The molecule has 2 aliphatic rings. The molecule has 0 aliphatic carbocycles. The zero-order valence-electron chi connectivity index (χ0n) is 35.6. The number of ether oxygens (including phenoxy) is 2. The van der Waals surface area contributed by atoms with Crippen LogP contribution in [-0.2, 0) is 51.8 Å². The summed E-state index contributed by atoms with van der Waals surface area (Å²) in [4.78, 5) is 13.3. The fourth-order valence-electron chi connectivity index (χ4n) is 9.22. The first kappa shape index (κ1) is 45.8. The Balaban J connectivity index is 1.39. The lowest BCUT2D eigenvalue weighted by molar-refractivity contribution is -0.438. The minimum absolute atomic E-state index is 0.110. The summed E-state index contributed by atoms with van der Waals surface area (Å²) in [7, 11) is -5.21. The number of rotatable bonds is 20. The fourth-order valence-corrected chi connectivity index (χ4v) is 10.2. The third-order valence-corrected chi connectivity index (χ3v) is 13.7. The van der Waals surface area contributed by atoms with Gasteiger partial charge < -0.3 is 19.5 Å². The van der Waals surface area contributed by atoms with Crippen molar-refractivity contribution in [2.24, 2.45) is 0 Å². The van der Waals surface area contributed by atoms with Gasteiger partial charge in [0.15, 0.2) is 5.71 Å². The molecule has 6 rings (SSSR count). The van der Waals surface area contributed by atoms with E-state index in [1.807, 2.05) is 30.4 Å². The Labute approximate surface area is 359 Å². The van der Waals surface area contributed by atoms with E-state index in [-0.39, 0.29) is 23.5 Å². The van der Waals surface area contributed by atoms with Crippen molar-refractivity contribution >= 4 is 64.8 Å². The number of hydrogen-bond acceptors (Lipinski definition) is 8. The van der Waals surface area contributed by atoms with Crippen molar-refractivity contribution < 1.29 is 49.9 Å². The largest absolute Gasteiger partial charge is 0.481 e. The molecule has 0 amide bonds. The molecule has 0 radical (unpaired) electrons. The summed E-state index contributed by atoms with van der Waals surface area (Å²) >= 11 is 0. The van der Waals surface area contributed by atoms with Gasteiger partial charge in [0.05, 0.1) is 29.3 Å². The van der Waals surface area contributed by atoms with Gasteiger partial charge in [-0.05, 0) is 116 Å². The van der Waals surface area contributed by atoms with Crippen LogP contribution in [-0.4, -0.2) is 93.6 Å². The Morgan fingerprint density at radius 1 is 0.803 bits per heavy atom. The highest BCUT2D eigenvalue weighted by atomic mass is 32.2. The van der Waals surface area contributed by atoms with Crippen LogP contribution in [0.25, 0.3) is 21.5 Å². The summed E-state index contributed by atoms with van der Waals surface area (Å²) in [6.45, 7) is 8.68. The zero-order valence-corrected chi connectivity index (χ0v) is 37.2. The molecule has 12 nitrogen and oxygen atoms in total. The smallest absolute Gasteiger partial charge is 0.303 e. The molecule has 1 atom stereocenters. The lowest BCUT2D eigenvalue weighted by atomic mass is 9.75. The molecule has 0 saturated heterocycles. The molecule has 0 fully saturated rings. The van der Waals surface area contributed by atoms with Crippen molar-refractivity contribution in [1.82, 2.24) is 0 Å². The predicted octanol–water partition coefficient (Wildman–Crippen LogP) is 8.54. The Morgan fingerprint density at radius 3 is 2.21 bits per heavy atom. The molecule has 61 heavy (non-hydrogen) atoms. The summed E-state index contributed by atoms with van der Waals surface area (Å²) in [5.41, 5.74) is 6.16. The van der Waals surface area contributed by atoms with Crippen LogP contribution in [0.2, 0.25) is 0 Å². The van der Waals surface area contributed by atoms with E-state index >= 15 is 0 Å². The number of allylic oxidation sites excluding steroid dienone is 6. The summed E-state index contributed by atoms with van der Waals surface area (Å²) in [5, 5.41) is 12.9. The normalized spacial score (nSPS) is 18.4. The third-order valence-electron chi connectivity index (χ3n) is 12.1. The van der Waals surface area contributed by atoms with Crippen LogP contribution in [0.4, 0.5) is 11.4 Å². The standard InChI is InChI=1S/C47H56N2O10S2/c1-46(2)41(48(26-11-7-10-15-43(50)51)39-22-18-35-32-36(61(55,56)57)19-21-37(35)44(39)46)13-8-6-9-14-42-47(3,25-12-30-60(52,53)54)45-38-20-16-33(24-28-58-4)31-34(38)17-23-40(45)49(42)27-29-59-5/h6,8-9,13-14,16-23,31-32H,7,10-12,15,24-30H2,1-5H3,(H2-,50,51,52,53,54,55,56,57)/p+1. The first-order valence-electron chi connectivity index (χ1n) is 20.6. The van der Waals surface area contributed by atoms with Gasteiger partial charge in [-0.3, -0.25) is 13.9 Å². The number of carboxylic acid groups (broad SMARTS) is 1.